The van der Waals surface area contributed by atoms with Crippen molar-refractivity contribution in [1.82, 2.24) is 15.6 Å². The number of benzene rings is 2. The van der Waals surface area contributed by atoms with Gasteiger partial charge in [-0.15, -0.1) is 13.2 Å². The summed E-state index contributed by atoms with van der Waals surface area (Å²) in [4.78, 5) is 19.8. The molecule has 0 amide bonds. The molecule has 32 heavy (non-hydrogen) atoms. The predicted octanol–water partition coefficient (Wildman–Crippen LogP) is 4.21. The molecule has 1 heterocycles. The zero-order valence-electron chi connectivity index (χ0n) is 18.1. The van der Waals surface area contributed by atoms with Crippen LogP contribution in [0.25, 0.3) is 10.8 Å². The fourth-order valence-corrected chi connectivity index (χ4v) is 2.88. The van der Waals surface area contributed by atoms with Crippen molar-refractivity contribution < 1.29 is 7.65 Å². The highest BCUT2D eigenvalue weighted by Gasteiger charge is 2.16. The molecule has 0 saturated heterocycles. The van der Waals surface area contributed by atoms with Crippen LogP contribution < -0.4 is 16.4 Å². The first kappa shape index (κ1) is 26.7. The molecule has 1 aromatic heterocycles. The SMILES string of the molecule is C.C=C.CC(N)(C=O)CN=C(NCCNCc1ccc2ccncc2c1)c1ccccc1.[HH].[HH]. The summed E-state index contributed by atoms with van der Waals surface area (Å²) >= 11 is 0. The molecule has 6 heteroatoms. The van der Waals surface area contributed by atoms with Crippen LogP contribution in [0.3, 0.4) is 0 Å². The third kappa shape index (κ3) is 8.41. The Bertz CT molecular complexity index is 997. The number of hydrogen-bond donors (Lipinski definition) is 3. The van der Waals surface area contributed by atoms with Gasteiger partial charge in [-0.3, -0.25) is 9.98 Å². The summed E-state index contributed by atoms with van der Waals surface area (Å²) in [6, 6.07) is 18.2. The maximum absolute atomic E-state index is 11.1. The van der Waals surface area contributed by atoms with Gasteiger partial charge >= 0.3 is 0 Å². The van der Waals surface area contributed by atoms with E-state index in [1.165, 1.54) is 10.9 Å². The van der Waals surface area contributed by atoms with Gasteiger partial charge in [-0.05, 0) is 30.0 Å². The molecule has 1 unspecified atom stereocenters. The third-order valence-corrected chi connectivity index (χ3v) is 4.52. The standard InChI is InChI=1S/C23H27N5O.C2H4.CH4.2H2/c1-23(24,17-29)16-28-22(20-5-3-2-4-6-20)27-12-11-26-14-18-7-8-19-9-10-25-15-21(19)13-18;1-2;;;/h2-10,13,15,17,26H,11-12,14,16,24H2,1H3,(H,27,28);1-2H2;1H4;2*1H. The summed E-state index contributed by atoms with van der Waals surface area (Å²) in [5, 5.41) is 9.13. The van der Waals surface area contributed by atoms with Gasteiger partial charge in [0, 0.05) is 45.8 Å². The molecule has 0 saturated carbocycles. The lowest BCUT2D eigenvalue weighted by Gasteiger charge is -2.16. The molecule has 6 nitrogen and oxygen atoms in total. The van der Waals surface area contributed by atoms with Gasteiger partial charge in [0.15, 0.2) is 0 Å². The van der Waals surface area contributed by atoms with Gasteiger partial charge in [-0.1, -0.05) is 49.9 Å². The van der Waals surface area contributed by atoms with Crippen LogP contribution in [-0.4, -0.2) is 42.3 Å². The molecule has 0 radical (unpaired) electrons. The number of carbonyl (C=O) groups is 1. The van der Waals surface area contributed by atoms with E-state index in [2.05, 4.69) is 52.0 Å². The number of carbonyl (C=O) groups excluding carboxylic acids is 1. The number of nitrogens with two attached hydrogens (primary N) is 1. The molecular formula is C26H39N5O. The zero-order valence-corrected chi connectivity index (χ0v) is 18.1. The number of pyridine rings is 1. The van der Waals surface area contributed by atoms with Crippen LogP contribution in [0.1, 0.15) is 28.3 Å². The van der Waals surface area contributed by atoms with Crippen LogP contribution in [0.5, 0.6) is 0 Å². The summed E-state index contributed by atoms with van der Waals surface area (Å²) in [7, 11) is 0. The van der Waals surface area contributed by atoms with Crippen molar-refractivity contribution in [2.45, 2.75) is 26.4 Å². The topological polar surface area (TPSA) is 92.4 Å². The quantitative estimate of drug-likeness (QED) is 0.153. The van der Waals surface area contributed by atoms with Gasteiger partial charge in [0.1, 0.15) is 12.1 Å². The van der Waals surface area contributed by atoms with Crippen LogP contribution in [-0.2, 0) is 11.3 Å². The summed E-state index contributed by atoms with van der Waals surface area (Å²) in [6.45, 7) is 10.1. The van der Waals surface area contributed by atoms with Crippen LogP contribution in [0.4, 0.5) is 0 Å². The molecule has 174 valence electrons. The first-order chi connectivity index (χ1) is 15.1. The van der Waals surface area contributed by atoms with Crippen molar-refractivity contribution in [3.05, 3.63) is 91.3 Å². The Morgan fingerprint density at radius 3 is 2.62 bits per heavy atom. The van der Waals surface area contributed by atoms with E-state index in [4.69, 9.17) is 5.73 Å². The first-order valence-electron chi connectivity index (χ1n) is 10.2. The minimum absolute atomic E-state index is 0. The second-order valence-corrected chi connectivity index (χ2v) is 7.32. The summed E-state index contributed by atoms with van der Waals surface area (Å²) < 4.78 is 0. The highest BCUT2D eigenvalue weighted by molar-refractivity contribution is 5.98. The van der Waals surface area contributed by atoms with Gasteiger partial charge in [0.2, 0.25) is 0 Å². The second-order valence-electron chi connectivity index (χ2n) is 7.32. The average Bonchev–Trinajstić information content (AvgIpc) is 2.82. The Hall–Kier alpha value is -3.35. The number of nitrogens with one attached hydrogen (secondary N) is 2. The van der Waals surface area contributed by atoms with Crippen molar-refractivity contribution in [1.29, 1.82) is 0 Å². The average molecular weight is 438 g/mol. The molecule has 2 aromatic carbocycles. The number of amidine groups is 1. The van der Waals surface area contributed by atoms with Crippen LogP contribution in [0.15, 0.2) is 85.1 Å². The molecule has 3 aromatic rings. The van der Waals surface area contributed by atoms with Gasteiger partial charge in [0.25, 0.3) is 0 Å². The van der Waals surface area contributed by atoms with Crippen molar-refractivity contribution in [3.63, 3.8) is 0 Å². The van der Waals surface area contributed by atoms with E-state index in [-0.39, 0.29) is 16.8 Å². The number of nitrogens with zero attached hydrogens (tertiary/aromatic N) is 2. The Labute approximate surface area is 194 Å². The summed E-state index contributed by atoms with van der Waals surface area (Å²) in [5.41, 5.74) is 7.12. The lowest BCUT2D eigenvalue weighted by Crippen LogP contribution is -2.42. The van der Waals surface area contributed by atoms with Gasteiger partial charge in [0.05, 0.1) is 12.1 Å². The van der Waals surface area contributed by atoms with E-state index in [1.54, 1.807) is 13.1 Å². The van der Waals surface area contributed by atoms with E-state index < -0.39 is 5.54 Å². The monoisotopic (exact) mass is 437 g/mol. The highest BCUT2D eigenvalue weighted by atomic mass is 16.1. The maximum atomic E-state index is 11.1. The number of rotatable bonds is 9. The molecule has 0 aliphatic heterocycles. The largest absolute Gasteiger partial charge is 0.369 e. The second kappa shape index (κ2) is 13.9. The van der Waals surface area contributed by atoms with Gasteiger partial charge in [-0.2, -0.15) is 0 Å². The fourth-order valence-electron chi connectivity index (χ4n) is 2.88. The molecular weight excluding hydrogens is 398 g/mol. The number of hydrogen-bond acceptors (Lipinski definition) is 5. The summed E-state index contributed by atoms with van der Waals surface area (Å²) in [6.07, 6.45) is 4.42. The minimum atomic E-state index is -0.967. The molecule has 4 N–H and O–H groups in total. The molecule has 0 aliphatic carbocycles. The zero-order chi connectivity index (χ0) is 22.5. The molecule has 1 atom stereocenters. The number of fused-ring (bicyclic) bond motifs is 1. The lowest BCUT2D eigenvalue weighted by molar-refractivity contribution is -0.111. The number of aldehydes is 1. The fraction of sp³-hybridized carbons (Fsp3) is 0.269. The number of aliphatic imine (C=N–C) groups is 1. The van der Waals surface area contributed by atoms with E-state index >= 15 is 0 Å². The first-order valence-corrected chi connectivity index (χ1v) is 10.2. The smallest absolute Gasteiger partial charge is 0.141 e. The molecule has 0 fully saturated rings. The van der Waals surface area contributed by atoms with E-state index in [0.29, 0.717) is 6.54 Å². The van der Waals surface area contributed by atoms with Crippen molar-refractivity contribution in [2.24, 2.45) is 10.7 Å². The van der Waals surface area contributed by atoms with Gasteiger partial charge < -0.3 is 21.2 Å². The van der Waals surface area contributed by atoms with Crippen molar-refractivity contribution in [3.8, 4) is 0 Å². The van der Waals surface area contributed by atoms with Crippen LogP contribution >= 0.6 is 0 Å². The third-order valence-electron chi connectivity index (χ3n) is 4.52. The molecule has 0 aliphatic rings. The Balaban J connectivity index is 0. The highest BCUT2D eigenvalue weighted by Crippen LogP contribution is 2.14. The molecule has 0 spiro atoms. The summed E-state index contributed by atoms with van der Waals surface area (Å²) in [5.74, 6) is 0.739. The molecule has 3 rings (SSSR count). The Morgan fingerprint density at radius 2 is 1.91 bits per heavy atom. The van der Waals surface area contributed by atoms with Crippen molar-refractivity contribution in [2.75, 3.05) is 19.6 Å². The van der Waals surface area contributed by atoms with Crippen LogP contribution in [0.2, 0.25) is 0 Å². The van der Waals surface area contributed by atoms with Crippen LogP contribution in [0, 0.1) is 0 Å². The normalized spacial score (nSPS) is 12.6. The lowest BCUT2D eigenvalue weighted by atomic mass is 10.1. The number of aromatic nitrogens is 1. The maximum Gasteiger partial charge on any atom is 0.141 e. The van der Waals surface area contributed by atoms with Crippen molar-refractivity contribution >= 4 is 22.9 Å². The van der Waals surface area contributed by atoms with E-state index in [9.17, 15) is 4.79 Å². The van der Waals surface area contributed by atoms with E-state index in [1.807, 2.05) is 42.6 Å². The Morgan fingerprint density at radius 1 is 1.16 bits per heavy atom. The van der Waals surface area contributed by atoms with Gasteiger partial charge in [-0.25, -0.2) is 0 Å². The predicted molar refractivity (Wildman–Crippen MR) is 140 cm³/mol. The Kier molecular flexibility index (Phi) is 11.6. The van der Waals surface area contributed by atoms with E-state index in [0.717, 1.165) is 36.2 Å². The molecule has 0 bridgehead atoms. The minimum Gasteiger partial charge on any atom is -0.369 e.